The van der Waals surface area contributed by atoms with Crippen molar-refractivity contribution in [1.82, 2.24) is 10.2 Å². The predicted octanol–water partition coefficient (Wildman–Crippen LogP) is 1.87. The Balaban J connectivity index is 2.60. The van der Waals surface area contributed by atoms with Crippen molar-refractivity contribution in [3.05, 3.63) is 0 Å². The zero-order valence-corrected chi connectivity index (χ0v) is 13.1. The van der Waals surface area contributed by atoms with Gasteiger partial charge in [-0.05, 0) is 46.6 Å². The smallest absolute Gasteiger partial charge is 0.310 e. The van der Waals surface area contributed by atoms with Crippen molar-refractivity contribution in [1.29, 1.82) is 0 Å². The van der Waals surface area contributed by atoms with Gasteiger partial charge in [0, 0.05) is 12.6 Å². The molecule has 20 heavy (non-hydrogen) atoms. The zero-order chi connectivity index (χ0) is 15.3. The van der Waals surface area contributed by atoms with Crippen LogP contribution in [0.5, 0.6) is 0 Å². The number of hydrogen-bond acceptors (Lipinski definition) is 3. The molecule has 0 aromatic carbocycles. The van der Waals surface area contributed by atoms with Crippen LogP contribution < -0.4 is 5.32 Å². The summed E-state index contributed by atoms with van der Waals surface area (Å²) in [5, 5.41) is 12.3. The number of carbonyl (C=O) groups excluding carboxylic acids is 1. The molecule has 0 aromatic rings. The van der Waals surface area contributed by atoms with E-state index in [2.05, 4.69) is 12.2 Å². The van der Waals surface area contributed by atoms with Crippen molar-refractivity contribution >= 4 is 11.9 Å². The van der Waals surface area contributed by atoms with Gasteiger partial charge >= 0.3 is 5.97 Å². The van der Waals surface area contributed by atoms with Crippen LogP contribution in [0.1, 0.15) is 53.4 Å². The van der Waals surface area contributed by atoms with Crippen LogP contribution in [0.3, 0.4) is 0 Å². The Bertz CT molecular complexity index is 359. The molecule has 0 aliphatic carbocycles. The quantitative estimate of drug-likeness (QED) is 0.781. The fraction of sp³-hybridized carbons (Fsp3) is 0.867. The molecule has 1 aliphatic rings. The van der Waals surface area contributed by atoms with E-state index < -0.39 is 11.4 Å². The summed E-state index contributed by atoms with van der Waals surface area (Å²) in [7, 11) is 0. The zero-order valence-electron chi connectivity index (χ0n) is 13.1. The first kappa shape index (κ1) is 17.0. The Morgan fingerprint density at radius 2 is 2.05 bits per heavy atom. The number of nitrogens with one attached hydrogen (secondary N) is 1. The minimum absolute atomic E-state index is 0.000545. The lowest BCUT2D eigenvalue weighted by atomic mass is 9.81. The number of carbonyl (C=O) groups is 2. The van der Waals surface area contributed by atoms with Gasteiger partial charge in [0.25, 0.3) is 0 Å². The van der Waals surface area contributed by atoms with Crippen molar-refractivity contribution in [2.45, 2.75) is 65.5 Å². The fourth-order valence-electron chi connectivity index (χ4n) is 2.82. The second-order valence-electron chi connectivity index (χ2n) is 6.31. The van der Waals surface area contributed by atoms with Crippen LogP contribution >= 0.6 is 0 Å². The lowest BCUT2D eigenvalue weighted by Crippen LogP contribution is -2.54. The number of amides is 1. The summed E-state index contributed by atoms with van der Waals surface area (Å²) in [4.78, 5) is 25.5. The molecule has 1 aliphatic heterocycles. The van der Waals surface area contributed by atoms with Gasteiger partial charge in [-0.2, -0.15) is 0 Å². The number of carboxylic acid groups (broad SMARTS) is 1. The SMILES string of the molecule is CCCC(C)NC(=O)C(C)N1CCCC(C)(C(=O)O)C1. The Morgan fingerprint density at radius 3 is 2.60 bits per heavy atom. The molecule has 0 spiro atoms. The van der Waals surface area contributed by atoms with Gasteiger partial charge in [0.05, 0.1) is 11.5 Å². The number of aliphatic carboxylic acids is 1. The highest BCUT2D eigenvalue weighted by molar-refractivity contribution is 5.82. The molecule has 1 saturated heterocycles. The Hall–Kier alpha value is -1.10. The summed E-state index contributed by atoms with van der Waals surface area (Å²) < 4.78 is 0. The van der Waals surface area contributed by atoms with Crippen LogP contribution in [0.2, 0.25) is 0 Å². The fourth-order valence-corrected chi connectivity index (χ4v) is 2.82. The van der Waals surface area contributed by atoms with E-state index >= 15 is 0 Å². The van der Waals surface area contributed by atoms with E-state index in [4.69, 9.17) is 0 Å². The monoisotopic (exact) mass is 284 g/mol. The lowest BCUT2D eigenvalue weighted by molar-refractivity contribution is -0.152. The van der Waals surface area contributed by atoms with Crippen LogP contribution in [0.25, 0.3) is 0 Å². The van der Waals surface area contributed by atoms with Crippen molar-refractivity contribution in [3.63, 3.8) is 0 Å². The number of nitrogens with zero attached hydrogens (tertiary/aromatic N) is 1. The molecule has 3 unspecified atom stereocenters. The number of likely N-dealkylation sites (tertiary alicyclic amines) is 1. The van der Waals surface area contributed by atoms with Gasteiger partial charge in [0.1, 0.15) is 0 Å². The van der Waals surface area contributed by atoms with E-state index in [1.807, 2.05) is 18.7 Å². The molecule has 1 heterocycles. The lowest BCUT2D eigenvalue weighted by Gasteiger charge is -2.40. The average Bonchev–Trinajstić information content (AvgIpc) is 2.37. The maximum atomic E-state index is 12.2. The highest BCUT2D eigenvalue weighted by Gasteiger charge is 2.40. The molecular formula is C15H28N2O3. The van der Waals surface area contributed by atoms with E-state index in [0.717, 1.165) is 25.8 Å². The summed E-state index contributed by atoms with van der Waals surface area (Å²) in [6, 6.07) is -0.0983. The van der Waals surface area contributed by atoms with Gasteiger partial charge in [-0.1, -0.05) is 13.3 Å². The second-order valence-corrected chi connectivity index (χ2v) is 6.31. The molecular weight excluding hydrogens is 256 g/mol. The summed E-state index contributed by atoms with van der Waals surface area (Å²) in [5.74, 6) is -0.769. The maximum absolute atomic E-state index is 12.2. The van der Waals surface area contributed by atoms with E-state index in [1.165, 1.54) is 0 Å². The molecule has 0 saturated carbocycles. The number of rotatable bonds is 6. The van der Waals surface area contributed by atoms with Gasteiger partial charge < -0.3 is 10.4 Å². The van der Waals surface area contributed by atoms with E-state index in [9.17, 15) is 14.7 Å². The van der Waals surface area contributed by atoms with Crippen LogP contribution in [0, 0.1) is 5.41 Å². The first-order valence-corrected chi connectivity index (χ1v) is 7.58. The van der Waals surface area contributed by atoms with Gasteiger partial charge in [-0.25, -0.2) is 0 Å². The van der Waals surface area contributed by atoms with Crippen LogP contribution in [0.4, 0.5) is 0 Å². The Labute approximate surface area is 121 Å². The molecule has 1 rings (SSSR count). The first-order chi connectivity index (χ1) is 9.30. The predicted molar refractivity (Wildman–Crippen MR) is 78.5 cm³/mol. The Morgan fingerprint density at radius 1 is 1.40 bits per heavy atom. The van der Waals surface area contributed by atoms with Gasteiger partial charge in [0.2, 0.25) is 5.91 Å². The van der Waals surface area contributed by atoms with E-state index in [0.29, 0.717) is 13.0 Å². The number of carboxylic acids is 1. The van der Waals surface area contributed by atoms with Crippen molar-refractivity contribution in [2.75, 3.05) is 13.1 Å². The minimum atomic E-state index is -0.769. The van der Waals surface area contributed by atoms with Crippen molar-refractivity contribution in [2.24, 2.45) is 5.41 Å². The Kier molecular flexibility index (Phi) is 5.99. The maximum Gasteiger partial charge on any atom is 0.310 e. The molecule has 0 bridgehead atoms. The van der Waals surface area contributed by atoms with E-state index in [1.54, 1.807) is 6.92 Å². The third-order valence-corrected chi connectivity index (χ3v) is 4.28. The third kappa shape index (κ3) is 4.20. The van der Waals surface area contributed by atoms with Gasteiger partial charge in [0.15, 0.2) is 0 Å². The standard InChI is InChI=1S/C15H28N2O3/c1-5-7-11(2)16-13(18)12(3)17-9-6-8-15(4,10-17)14(19)20/h11-12H,5-10H2,1-4H3,(H,16,18)(H,19,20). The van der Waals surface area contributed by atoms with Crippen molar-refractivity contribution < 1.29 is 14.7 Å². The minimum Gasteiger partial charge on any atom is -0.481 e. The van der Waals surface area contributed by atoms with Gasteiger partial charge in [-0.3, -0.25) is 14.5 Å². The van der Waals surface area contributed by atoms with Crippen LogP contribution in [-0.2, 0) is 9.59 Å². The molecule has 116 valence electrons. The molecule has 0 aromatic heterocycles. The largest absolute Gasteiger partial charge is 0.481 e. The molecule has 3 atom stereocenters. The number of piperidine rings is 1. The average molecular weight is 284 g/mol. The molecule has 2 N–H and O–H groups in total. The topological polar surface area (TPSA) is 69.6 Å². The van der Waals surface area contributed by atoms with E-state index in [-0.39, 0.29) is 18.0 Å². The van der Waals surface area contributed by atoms with Gasteiger partial charge in [-0.15, -0.1) is 0 Å². The molecule has 5 heteroatoms. The first-order valence-electron chi connectivity index (χ1n) is 7.58. The van der Waals surface area contributed by atoms with Crippen molar-refractivity contribution in [3.8, 4) is 0 Å². The molecule has 5 nitrogen and oxygen atoms in total. The molecule has 1 amide bonds. The summed E-state index contributed by atoms with van der Waals surface area (Å²) in [5.41, 5.74) is -0.734. The normalized spacial score (nSPS) is 26.8. The molecule has 0 radical (unpaired) electrons. The highest BCUT2D eigenvalue weighted by Crippen LogP contribution is 2.30. The van der Waals surface area contributed by atoms with Crippen LogP contribution in [0.15, 0.2) is 0 Å². The molecule has 1 fully saturated rings. The van der Waals surface area contributed by atoms with Crippen LogP contribution in [-0.4, -0.2) is 47.1 Å². The summed E-state index contributed by atoms with van der Waals surface area (Å²) in [6.07, 6.45) is 3.51. The second kappa shape index (κ2) is 7.07. The summed E-state index contributed by atoms with van der Waals surface area (Å²) in [6.45, 7) is 8.97. The third-order valence-electron chi connectivity index (χ3n) is 4.28. The highest BCUT2D eigenvalue weighted by atomic mass is 16.4. The number of hydrogen-bond donors (Lipinski definition) is 2. The summed E-state index contributed by atoms with van der Waals surface area (Å²) >= 11 is 0.